The maximum Gasteiger partial charge on any atom is 0.231 e. The van der Waals surface area contributed by atoms with Gasteiger partial charge in [-0.2, -0.15) is 0 Å². The first-order valence-corrected chi connectivity index (χ1v) is 9.53. The number of nitrogens with one attached hydrogen (secondary N) is 2. The average Bonchev–Trinajstić information content (AvgIpc) is 3.04. The molecule has 1 amide bonds. The number of H-pyrrole nitrogens is 1. The Labute approximate surface area is 144 Å². The summed E-state index contributed by atoms with van der Waals surface area (Å²) in [5.74, 6) is 1.18. The summed E-state index contributed by atoms with van der Waals surface area (Å²) in [6.45, 7) is 0. The first kappa shape index (κ1) is 15.5. The molecule has 2 N–H and O–H groups in total. The topological polar surface area (TPSA) is 75.1 Å². The van der Waals surface area contributed by atoms with E-state index in [4.69, 9.17) is 0 Å². The smallest absolute Gasteiger partial charge is 0.231 e. The molecule has 1 fully saturated rings. The van der Waals surface area contributed by atoms with E-state index in [0.29, 0.717) is 17.6 Å². The fourth-order valence-electron chi connectivity index (χ4n) is 3.36. The second kappa shape index (κ2) is 6.84. The number of nitrogens with zero attached hydrogens (tertiary/aromatic N) is 3. The third-order valence-electron chi connectivity index (χ3n) is 4.56. The van der Waals surface area contributed by atoms with Crippen LogP contribution >= 0.6 is 11.8 Å². The van der Waals surface area contributed by atoms with E-state index < -0.39 is 0 Å². The van der Waals surface area contributed by atoms with E-state index in [2.05, 4.69) is 20.5 Å². The number of aromatic nitrogens is 4. The minimum Gasteiger partial charge on any atom is -0.353 e. The molecular weight excluding hydrogens is 322 g/mol. The van der Waals surface area contributed by atoms with E-state index in [1.807, 2.05) is 28.7 Å². The summed E-state index contributed by atoms with van der Waals surface area (Å²) >= 11 is 1.45. The van der Waals surface area contributed by atoms with Gasteiger partial charge in [0, 0.05) is 6.04 Å². The zero-order chi connectivity index (χ0) is 16.4. The van der Waals surface area contributed by atoms with Crippen molar-refractivity contribution in [3.8, 4) is 0 Å². The minimum absolute atomic E-state index is 0.0903. The van der Waals surface area contributed by atoms with Gasteiger partial charge in [0.1, 0.15) is 0 Å². The van der Waals surface area contributed by atoms with Gasteiger partial charge in [-0.25, -0.2) is 10.1 Å². The SMILES string of the molecule is O=C(CSc1n[nH]c2nc3ccccc3n12)NC1CCCCCC1. The summed E-state index contributed by atoms with van der Waals surface area (Å²) in [5.41, 5.74) is 1.93. The quantitative estimate of drug-likeness (QED) is 0.564. The van der Waals surface area contributed by atoms with Crippen molar-refractivity contribution in [2.75, 3.05) is 5.75 Å². The normalized spacial score (nSPS) is 16.5. The van der Waals surface area contributed by atoms with Crippen molar-refractivity contribution in [2.24, 2.45) is 0 Å². The standard InChI is InChI=1S/C17H21N5OS/c23-15(18-12-7-3-1-2-4-8-12)11-24-17-21-20-16-19-13-9-5-6-10-14(13)22(16)17/h5-6,9-10,12H,1-4,7-8,11H2,(H,18,23)(H,19,20). The van der Waals surface area contributed by atoms with Gasteiger partial charge in [-0.1, -0.05) is 49.6 Å². The summed E-state index contributed by atoms with van der Waals surface area (Å²) in [6, 6.07) is 8.28. The first-order valence-electron chi connectivity index (χ1n) is 8.55. The van der Waals surface area contributed by atoms with Crippen LogP contribution in [0, 0.1) is 0 Å². The maximum absolute atomic E-state index is 12.3. The van der Waals surface area contributed by atoms with Gasteiger partial charge in [-0.15, -0.1) is 5.10 Å². The highest BCUT2D eigenvalue weighted by Gasteiger charge is 2.17. The molecule has 2 heterocycles. The van der Waals surface area contributed by atoms with Crippen LogP contribution in [0.5, 0.6) is 0 Å². The number of para-hydroxylation sites is 2. The number of carbonyl (C=O) groups is 1. The van der Waals surface area contributed by atoms with Crippen LogP contribution < -0.4 is 5.32 Å². The molecular formula is C17H21N5OS. The lowest BCUT2D eigenvalue weighted by Gasteiger charge is -2.15. The first-order chi connectivity index (χ1) is 11.8. The van der Waals surface area contributed by atoms with Crippen LogP contribution in [0.1, 0.15) is 38.5 Å². The van der Waals surface area contributed by atoms with E-state index in [1.54, 1.807) is 0 Å². The Hall–Kier alpha value is -2.02. The second-order valence-corrected chi connectivity index (χ2v) is 7.25. The van der Waals surface area contributed by atoms with Crippen LogP contribution in [-0.2, 0) is 4.79 Å². The lowest BCUT2D eigenvalue weighted by molar-refractivity contribution is -0.119. The summed E-state index contributed by atoms with van der Waals surface area (Å²) in [7, 11) is 0. The molecule has 0 unspecified atom stereocenters. The van der Waals surface area contributed by atoms with Gasteiger partial charge >= 0.3 is 0 Å². The summed E-state index contributed by atoms with van der Waals surface area (Å²) < 4.78 is 1.97. The predicted molar refractivity (Wildman–Crippen MR) is 95.2 cm³/mol. The number of imidazole rings is 1. The molecule has 0 saturated heterocycles. The summed E-state index contributed by atoms with van der Waals surface area (Å²) in [4.78, 5) is 16.8. The molecule has 7 heteroatoms. The number of rotatable bonds is 4. The van der Waals surface area contributed by atoms with Crippen molar-refractivity contribution in [2.45, 2.75) is 49.7 Å². The van der Waals surface area contributed by atoms with E-state index in [1.165, 1.54) is 37.4 Å². The van der Waals surface area contributed by atoms with Crippen LogP contribution in [-0.4, -0.2) is 37.3 Å². The molecule has 6 nitrogen and oxygen atoms in total. The number of aromatic amines is 1. The number of carbonyl (C=O) groups excluding carboxylic acids is 1. The van der Waals surface area contributed by atoms with Crippen molar-refractivity contribution in [1.82, 2.24) is 24.9 Å². The maximum atomic E-state index is 12.3. The molecule has 1 aliphatic rings. The lowest BCUT2D eigenvalue weighted by Crippen LogP contribution is -2.35. The average molecular weight is 343 g/mol. The predicted octanol–water partition coefficient (Wildman–Crippen LogP) is 3.14. The number of fused-ring (bicyclic) bond motifs is 3. The molecule has 1 aliphatic carbocycles. The molecule has 0 aliphatic heterocycles. The van der Waals surface area contributed by atoms with Gasteiger partial charge in [-0.05, 0) is 25.0 Å². The van der Waals surface area contributed by atoms with Gasteiger partial charge in [0.05, 0.1) is 16.8 Å². The Morgan fingerprint density at radius 1 is 1.25 bits per heavy atom. The summed E-state index contributed by atoms with van der Waals surface area (Å²) in [5, 5.41) is 11.2. The van der Waals surface area contributed by atoms with Crippen LogP contribution in [0.2, 0.25) is 0 Å². The van der Waals surface area contributed by atoms with Gasteiger partial charge in [0.25, 0.3) is 0 Å². The van der Waals surface area contributed by atoms with Gasteiger partial charge in [0.2, 0.25) is 11.7 Å². The number of amides is 1. The molecule has 126 valence electrons. The van der Waals surface area contributed by atoms with E-state index in [0.717, 1.165) is 29.0 Å². The second-order valence-electron chi connectivity index (χ2n) is 6.31. The van der Waals surface area contributed by atoms with Crippen molar-refractivity contribution >= 4 is 34.5 Å². The van der Waals surface area contributed by atoms with Crippen molar-refractivity contribution in [3.63, 3.8) is 0 Å². The Kier molecular flexibility index (Phi) is 4.42. The summed E-state index contributed by atoms with van der Waals surface area (Å²) in [6.07, 6.45) is 7.24. The van der Waals surface area contributed by atoms with Gasteiger partial charge in [-0.3, -0.25) is 9.20 Å². The molecule has 1 saturated carbocycles. The minimum atomic E-state index is 0.0903. The van der Waals surface area contributed by atoms with Crippen molar-refractivity contribution in [1.29, 1.82) is 0 Å². The highest BCUT2D eigenvalue weighted by Crippen LogP contribution is 2.23. The zero-order valence-corrected chi connectivity index (χ0v) is 14.3. The Morgan fingerprint density at radius 2 is 2.04 bits per heavy atom. The molecule has 3 aromatic rings. The zero-order valence-electron chi connectivity index (χ0n) is 13.5. The van der Waals surface area contributed by atoms with E-state index >= 15 is 0 Å². The van der Waals surface area contributed by atoms with Crippen molar-refractivity contribution < 1.29 is 4.79 Å². The van der Waals surface area contributed by atoms with Crippen LogP contribution in [0.15, 0.2) is 29.4 Å². The largest absolute Gasteiger partial charge is 0.353 e. The molecule has 24 heavy (non-hydrogen) atoms. The van der Waals surface area contributed by atoms with Gasteiger partial charge in [0.15, 0.2) is 5.16 Å². The monoisotopic (exact) mass is 343 g/mol. The van der Waals surface area contributed by atoms with Crippen molar-refractivity contribution in [3.05, 3.63) is 24.3 Å². The number of benzene rings is 1. The number of hydrogen-bond acceptors (Lipinski definition) is 4. The van der Waals surface area contributed by atoms with Crippen LogP contribution in [0.3, 0.4) is 0 Å². The number of hydrogen-bond donors (Lipinski definition) is 2. The number of thioether (sulfide) groups is 1. The molecule has 1 aromatic carbocycles. The Morgan fingerprint density at radius 3 is 2.88 bits per heavy atom. The lowest BCUT2D eigenvalue weighted by atomic mass is 10.1. The molecule has 0 radical (unpaired) electrons. The molecule has 0 atom stereocenters. The van der Waals surface area contributed by atoms with Crippen LogP contribution in [0.4, 0.5) is 0 Å². The molecule has 0 spiro atoms. The highest BCUT2D eigenvalue weighted by atomic mass is 32.2. The van der Waals surface area contributed by atoms with Gasteiger partial charge < -0.3 is 5.32 Å². The third kappa shape index (κ3) is 3.13. The fraction of sp³-hybridized carbons (Fsp3) is 0.471. The van der Waals surface area contributed by atoms with E-state index in [9.17, 15) is 4.79 Å². The Balaban J connectivity index is 1.43. The van der Waals surface area contributed by atoms with Crippen LogP contribution in [0.25, 0.3) is 16.8 Å². The highest BCUT2D eigenvalue weighted by molar-refractivity contribution is 7.99. The third-order valence-corrected chi connectivity index (χ3v) is 5.49. The molecule has 2 aromatic heterocycles. The van der Waals surface area contributed by atoms with E-state index in [-0.39, 0.29) is 5.91 Å². The molecule has 4 rings (SSSR count). The molecule has 0 bridgehead atoms. The Bertz CT molecular complexity index is 847. The fourth-order valence-corrected chi connectivity index (χ4v) is 4.13.